The van der Waals surface area contributed by atoms with Crippen molar-refractivity contribution in [1.29, 1.82) is 0 Å². The van der Waals surface area contributed by atoms with E-state index in [0.29, 0.717) is 12.4 Å². The van der Waals surface area contributed by atoms with Gasteiger partial charge in [-0.25, -0.2) is 4.79 Å². The number of carbonyl (C=O) groups excluding carboxylic acids is 1. The molecule has 1 aromatic rings. The predicted molar refractivity (Wildman–Crippen MR) is 71.8 cm³/mol. The van der Waals surface area contributed by atoms with Crippen molar-refractivity contribution < 1.29 is 32.2 Å². The summed E-state index contributed by atoms with van der Waals surface area (Å²) in [5.74, 6) is -0.475. The fourth-order valence-electron chi connectivity index (χ4n) is 2.02. The van der Waals surface area contributed by atoms with Gasteiger partial charge in [0.25, 0.3) is 0 Å². The van der Waals surface area contributed by atoms with E-state index in [0.717, 1.165) is 0 Å². The van der Waals surface area contributed by atoms with Crippen LogP contribution in [0.5, 0.6) is 5.75 Å². The van der Waals surface area contributed by atoms with Crippen molar-refractivity contribution in [3.63, 3.8) is 0 Å². The highest BCUT2D eigenvalue weighted by atomic mass is 19.4. The zero-order valence-electron chi connectivity index (χ0n) is 11.9. The third kappa shape index (κ3) is 4.03. The van der Waals surface area contributed by atoms with Gasteiger partial charge in [-0.15, -0.1) is 0 Å². The van der Waals surface area contributed by atoms with Gasteiger partial charge in [0, 0.05) is 5.69 Å². The van der Waals surface area contributed by atoms with Gasteiger partial charge in [-0.3, -0.25) is 0 Å². The molecule has 1 aromatic carbocycles. The Hall–Kier alpha value is -1.96. The monoisotopic (exact) mass is 319 g/mol. The van der Waals surface area contributed by atoms with E-state index in [1.54, 1.807) is 19.1 Å². The molecule has 8 heteroatoms. The molecule has 0 aromatic heterocycles. The molecule has 2 rings (SSSR count). The Morgan fingerprint density at radius 1 is 1.32 bits per heavy atom. The van der Waals surface area contributed by atoms with Crippen LogP contribution >= 0.6 is 0 Å². The Morgan fingerprint density at radius 3 is 2.55 bits per heavy atom. The highest BCUT2D eigenvalue weighted by Crippen LogP contribution is 2.29. The summed E-state index contributed by atoms with van der Waals surface area (Å²) in [5.41, 5.74) is 0.202. The molecule has 0 saturated carbocycles. The van der Waals surface area contributed by atoms with Crippen LogP contribution < -0.4 is 10.1 Å². The summed E-state index contributed by atoms with van der Waals surface area (Å²) in [7, 11) is 0. The molecule has 1 N–H and O–H groups in total. The minimum absolute atomic E-state index is 0.0387. The van der Waals surface area contributed by atoms with Gasteiger partial charge in [0.1, 0.15) is 12.4 Å². The molecular weight excluding hydrogens is 303 g/mol. The van der Waals surface area contributed by atoms with Gasteiger partial charge < -0.3 is 19.5 Å². The van der Waals surface area contributed by atoms with E-state index in [1.165, 1.54) is 12.1 Å². The average Bonchev–Trinajstić information content (AvgIpc) is 2.47. The lowest BCUT2D eigenvalue weighted by molar-refractivity contribution is -0.201. The molecule has 0 spiro atoms. The van der Waals surface area contributed by atoms with Crippen molar-refractivity contribution in [3.05, 3.63) is 24.3 Å². The maximum atomic E-state index is 13.2. The fraction of sp³-hybridized carbons (Fsp3) is 0.500. The average molecular weight is 319 g/mol. The van der Waals surface area contributed by atoms with Crippen molar-refractivity contribution in [2.45, 2.75) is 25.2 Å². The van der Waals surface area contributed by atoms with Crippen LogP contribution in [-0.4, -0.2) is 44.1 Å². The number of benzene rings is 1. The molecule has 1 saturated heterocycles. The third-order valence-corrected chi connectivity index (χ3v) is 3.00. The largest absolute Gasteiger partial charge is 0.494 e. The fourth-order valence-corrected chi connectivity index (χ4v) is 2.02. The van der Waals surface area contributed by atoms with E-state index in [2.05, 4.69) is 10.1 Å². The van der Waals surface area contributed by atoms with E-state index < -0.39 is 24.3 Å². The highest BCUT2D eigenvalue weighted by molar-refractivity contribution is 5.77. The molecule has 22 heavy (non-hydrogen) atoms. The maximum absolute atomic E-state index is 13.2. The molecule has 2 unspecified atom stereocenters. The second-order valence-corrected chi connectivity index (χ2v) is 4.58. The number of alkyl halides is 3. The molecule has 0 bridgehead atoms. The molecule has 2 atom stereocenters. The first-order valence-electron chi connectivity index (χ1n) is 6.76. The van der Waals surface area contributed by atoms with Gasteiger partial charge in [-0.2, -0.15) is 13.2 Å². The summed E-state index contributed by atoms with van der Waals surface area (Å²) >= 11 is 0. The number of ether oxygens (including phenoxy) is 3. The number of rotatable bonds is 5. The lowest BCUT2D eigenvalue weighted by atomic mass is 10.1. The maximum Gasteiger partial charge on any atom is 0.411 e. The van der Waals surface area contributed by atoms with E-state index in [9.17, 15) is 18.0 Å². The molecule has 1 fully saturated rings. The number of cyclic esters (lactones) is 1. The lowest BCUT2D eigenvalue weighted by Gasteiger charge is -2.31. The first kappa shape index (κ1) is 16.4. The zero-order valence-corrected chi connectivity index (χ0v) is 11.9. The summed E-state index contributed by atoms with van der Waals surface area (Å²) in [4.78, 5) is 11.5. The number of hydrogen-bond acceptors (Lipinski definition) is 5. The van der Waals surface area contributed by atoms with Crippen molar-refractivity contribution in [3.8, 4) is 5.75 Å². The molecule has 122 valence electrons. The van der Waals surface area contributed by atoms with Gasteiger partial charge in [0.2, 0.25) is 0 Å². The lowest BCUT2D eigenvalue weighted by Crippen LogP contribution is -2.53. The van der Waals surface area contributed by atoms with Gasteiger partial charge in [-0.1, -0.05) is 0 Å². The van der Waals surface area contributed by atoms with Crippen LogP contribution in [0, 0.1) is 0 Å². The Morgan fingerprint density at radius 2 is 2.00 bits per heavy atom. The molecule has 1 aliphatic heterocycles. The molecule has 1 heterocycles. The first-order chi connectivity index (χ1) is 10.4. The Kier molecular flexibility index (Phi) is 5.12. The quantitative estimate of drug-likeness (QED) is 0.845. The minimum atomic E-state index is -4.67. The number of hydrogen-bond donors (Lipinski definition) is 1. The standard InChI is InChI=1S/C14H16F3NO4/c1-2-20-10-5-3-9(4-6-10)18-12(14(15,16)17)11-13(19)22-8-7-21-11/h3-6,11-12,18H,2,7-8H2,1H3. The van der Waals surface area contributed by atoms with Crippen LogP contribution in [0.1, 0.15) is 6.92 Å². The minimum Gasteiger partial charge on any atom is -0.494 e. The second kappa shape index (κ2) is 6.87. The van der Waals surface area contributed by atoms with Crippen LogP contribution in [0.3, 0.4) is 0 Å². The van der Waals surface area contributed by atoms with E-state index in [-0.39, 0.29) is 18.9 Å². The van der Waals surface area contributed by atoms with Crippen LogP contribution in [0.15, 0.2) is 24.3 Å². The molecular formula is C14H16F3NO4. The number of carbonyl (C=O) groups is 1. The molecule has 1 aliphatic rings. The SMILES string of the molecule is CCOc1ccc(NC(C2OCCOC2=O)C(F)(F)F)cc1. The topological polar surface area (TPSA) is 56.8 Å². The van der Waals surface area contributed by atoms with Gasteiger partial charge >= 0.3 is 12.1 Å². The van der Waals surface area contributed by atoms with Gasteiger partial charge in [0.05, 0.1) is 13.2 Å². The number of anilines is 1. The number of halogens is 3. The number of nitrogens with one attached hydrogen (secondary N) is 1. The predicted octanol–water partition coefficient (Wildman–Crippen LogP) is 2.37. The smallest absolute Gasteiger partial charge is 0.411 e. The highest BCUT2D eigenvalue weighted by Gasteiger charge is 2.50. The molecule has 0 aliphatic carbocycles. The van der Waals surface area contributed by atoms with Gasteiger partial charge in [-0.05, 0) is 31.2 Å². The zero-order chi connectivity index (χ0) is 16.2. The molecule has 5 nitrogen and oxygen atoms in total. The second-order valence-electron chi connectivity index (χ2n) is 4.58. The van der Waals surface area contributed by atoms with Crippen molar-refractivity contribution in [2.75, 3.05) is 25.1 Å². The Labute approximate surface area is 125 Å². The number of esters is 1. The summed E-state index contributed by atoms with van der Waals surface area (Å²) in [6.07, 6.45) is -6.39. The Balaban J connectivity index is 2.14. The summed E-state index contributed by atoms with van der Waals surface area (Å²) in [6, 6.07) is 3.78. The van der Waals surface area contributed by atoms with Crippen molar-refractivity contribution >= 4 is 11.7 Å². The van der Waals surface area contributed by atoms with E-state index in [1.807, 2.05) is 0 Å². The third-order valence-electron chi connectivity index (χ3n) is 3.00. The first-order valence-corrected chi connectivity index (χ1v) is 6.76. The van der Waals surface area contributed by atoms with Crippen LogP contribution in [0.25, 0.3) is 0 Å². The summed E-state index contributed by atoms with van der Waals surface area (Å²) in [6.45, 7) is 2.16. The normalized spacial score (nSPS) is 20.2. The van der Waals surface area contributed by atoms with Crippen molar-refractivity contribution in [1.82, 2.24) is 0 Å². The Bertz CT molecular complexity index is 504. The van der Waals surface area contributed by atoms with Crippen LogP contribution in [0.4, 0.5) is 18.9 Å². The molecule has 0 radical (unpaired) electrons. The van der Waals surface area contributed by atoms with E-state index in [4.69, 9.17) is 9.47 Å². The van der Waals surface area contributed by atoms with Crippen LogP contribution in [0.2, 0.25) is 0 Å². The van der Waals surface area contributed by atoms with Gasteiger partial charge in [0.15, 0.2) is 12.1 Å². The summed E-state index contributed by atoms with van der Waals surface area (Å²) < 4.78 is 54.3. The molecule has 0 amide bonds. The van der Waals surface area contributed by atoms with Crippen molar-refractivity contribution in [2.24, 2.45) is 0 Å². The van der Waals surface area contributed by atoms with E-state index >= 15 is 0 Å². The summed E-state index contributed by atoms with van der Waals surface area (Å²) in [5, 5.41) is 2.28. The van der Waals surface area contributed by atoms with Crippen LogP contribution in [-0.2, 0) is 14.3 Å².